The van der Waals surface area contributed by atoms with E-state index in [4.69, 9.17) is 5.11 Å². The third-order valence-electron chi connectivity index (χ3n) is 3.97. The Bertz CT molecular complexity index is 548. The fourth-order valence-electron chi connectivity index (χ4n) is 2.94. The van der Waals surface area contributed by atoms with Gasteiger partial charge >= 0.3 is 5.97 Å². The van der Waals surface area contributed by atoms with Crippen molar-refractivity contribution in [2.45, 2.75) is 50.5 Å². The molecule has 0 fully saturated rings. The Morgan fingerprint density at radius 1 is 1.32 bits per heavy atom. The van der Waals surface area contributed by atoms with E-state index in [1.807, 2.05) is 24.3 Å². The first-order valence-corrected chi connectivity index (χ1v) is 7.35. The summed E-state index contributed by atoms with van der Waals surface area (Å²) in [5, 5.41) is 11.1. The Labute approximate surface area is 127 Å². The number of carbonyl (C=O) groups is 2. The molecule has 2 atom stereocenters. The van der Waals surface area contributed by atoms with Gasteiger partial charge in [0.05, 0.1) is 0 Å². The van der Waals surface area contributed by atoms with Gasteiger partial charge in [-0.1, -0.05) is 24.3 Å². The predicted molar refractivity (Wildman–Crippen MR) is 76.9 cm³/mol. The molecule has 1 aromatic rings. The Morgan fingerprint density at radius 3 is 2.73 bits per heavy atom. The van der Waals surface area contributed by atoms with Gasteiger partial charge in [-0.2, -0.15) is 0 Å². The van der Waals surface area contributed by atoms with E-state index in [1.165, 1.54) is 5.56 Å². The molecular formula is C16H19F2NO3. The number of benzene rings is 1. The maximum Gasteiger partial charge on any atom is 0.326 e. The third kappa shape index (κ3) is 4.26. The molecule has 0 radical (unpaired) electrons. The van der Waals surface area contributed by atoms with Gasteiger partial charge in [0.15, 0.2) is 0 Å². The van der Waals surface area contributed by atoms with E-state index in [9.17, 15) is 18.4 Å². The number of nitrogens with one attached hydrogen (secondary N) is 1. The van der Waals surface area contributed by atoms with Crippen molar-refractivity contribution in [3.63, 3.8) is 0 Å². The lowest BCUT2D eigenvalue weighted by molar-refractivity contribution is -0.143. The molecule has 0 saturated heterocycles. The number of amides is 1. The summed E-state index contributed by atoms with van der Waals surface area (Å²) >= 11 is 0. The van der Waals surface area contributed by atoms with Gasteiger partial charge in [0.25, 0.3) is 0 Å². The lowest BCUT2D eigenvalue weighted by Gasteiger charge is -2.25. The molecule has 2 N–H and O–H groups in total. The first-order chi connectivity index (χ1) is 10.5. The normalized spacial score (nSPS) is 18.6. The molecule has 0 spiro atoms. The van der Waals surface area contributed by atoms with E-state index >= 15 is 0 Å². The molecule has 120 valence electrons. The van der Waals surface area contributed by atoms with Gasteiger partial charge in [-0.3, -0.25) is 4.79 Å². The number of halogens is 2. The highest BCUT2D eigenvalue weighted by Crippen LogP contribution is 2.33. The van der Waals surface area contributed by atoms with Crippen molar-refractivity contribution in [3.8, 4) is 0 Å². The molecule has 1 aliphatic rings. The summed E-state index contributed by atoms with van der Waals surface area (Å²) in [6, 6.07) is 6.32. The molecule has 0 aromatic heterocycles. The van der Waals surface area contributed by atoms with Crippen molar-refractivity contribution in [2.75, 3.05) is 0 Å². The zero-order valence-corrected chi connectivity index (χ0v) is 12.1. The van der Waals surface area contributed by atoms with E-state index in [0.29, 0.717) is 0 Å². The first-order valence-electron chi connectivity index (χ1n) is 7.35. The van der Waals surface area contributed by atoms with Gasteiger partial charge in [0.1, 0.15) is 6.04 Å². The highest BCUT2D eigenvalue weighted by atomic mass is 19.3. The highest BCUT2D eigenvalue weighted by molar-refractivity contribution is 5.84. The quantitative estimate of drug-likeness (QED) is 0.849. The van der Waals surface area contributed by atoms with E-state index in [0.717, 1.165) is 24.8 Å². The molecule has 1 amide bonds. The number of hydrogen-bond acceptors (Lipinski definition) is 2. The lowest BCUT2D eigenvalue weighted by Crippen LogP contribution is -2.42. The van der Waals surface area contributed by atoms with Gasteiger partial charge < -0.3 is 10.4 Å². The molecule has 4 nitrogen and oxygen atoms in total. The molecule has 1 aliphatic carbocycles. The Hall–Kier alpha value is -1.98. The number of hydrogen-bond donors (Lipinski definition) is 2. The summed E-state index contributed by atoms with van der Waals surface area (Å²) in [6.07, 6.45) is -0.730. The number of carboxylic acids is 1. The topological polar surface area (TPSA) is 66.4 Å². The second-order valence-corrected chi connectivity index (χ2v) is 5.58. The summed E-state index contributed by atoms with van der Waals surface area (Å²) in [5.74, 6) is -1.90. The Balaban J connectivity index is 1.99. The average Bonchev–Trinajstić information content (AvgIpc) is 2.46. The van der Waals surface area contributed by atoms with Gasteiger partial charge in [-0.05, 0) is 36.3 Å². The maximum atomic E-state index is 12.3. The monoisotopic (exact) mass is 311 g/mol. The zero-order chi connectivity index (χ0) is 16.1. The van der Waals surface area contributed by atoms with Crippen molar-refractivity contribution < 1.29 is 23.5 Å². The van der Waals surface area contributed by atoms with E-state index in [-0.39, 0.29) is 12.3 Å². The second-order valence-electron chi connectivity index (χ2n) is 5.58. The number of fused-ring (bicyclic) bond motifs is 1. The van der Waals surface area contributed by atoms with Crippen LogP contribution in [-0.4, -0.2) is 29.5 Å². The average molecular weight is 311 g/mol. The van der Waals surface area contributed by atoms with Crippen LogP contribution < -0.4 is 5.32 Å². The van der Waals surface area contributed by atoms with Crippen LogP contribution in [0.15, 0.2) is 24.3 Å². The van der Waals surface area contributed by atoms with Crippen LogP contribution in [0.3, 0.4) is 0 Å². The number of aryl methyl sites for hydroxylation is 1. The van der Waals surface area contributed by atoms with Crippen LogP contribution in [0.25, 0.3) is 0 Å². The van der Waals surface area contributed by atoms with Gasteiger partial charge in [0, 0.05) is 12.8 Å². The summed E-state index contributed by atoms with van der Waals surface area (Å²) in [5.41, 5.74) is 2.30. The zero-order valence-electron chi connectivity index (χ0n) is 12.1. The molecule has 2 unspecified atom stereocenters. The molecule has 0 saturated carbocycles. The minimum Gasteiger partial charge on any atom is -0.480 e. The number of alkyl halides is 2. The summed E-state index contributed by atoms with van der Waals surface area (Å²) in [6.45, 7) is 0. The van der Waals surface area contributed by atoms with Crippen molar-refractivity contribution in [2.24, 2.45) is 0 Å². The van der Waals surface area contributed by atoms with Crippen LogP contribution in [0.1, 0.15) is 42.7 Å². The Morgan fingerprint density at radius 2 is 2.05 bits per heavy atom. The molecule has 22 heavy (non-hydrogen) atoms. The van der Waals surface area contributed by atoms with Crippen molar-refractivity contribution >= 4 is 11.9 Å². The SMILES string of the molecule is O=C(CC1CCCc2ccccc21)NC(CC(F)F)C(=O)O. The van der Waals surface area contributed by atoms with Crippen LogP contribution in [0, 0.1) is 0 Å². The van der Waals surface area contributed by atoms with E-state index in [1.54, 1.807) is 0 Å². The summed E-state index contributed by atoms with van der Waals surface area (Å²) in [7, 11) is 0. The van der Waals surface area contributed by atoms with Crippen molar-refractivity contribution in [1.82, 2.24) is 5.32 Å². The standard InChI is InChI=1S/C16H19F2NO3/c17-14(18)9-13(16(21)22)19-15(20)8-11-6-3-5-10-4-1-2-7-12(10)11/h1-2,4,7,11,13-14H,3,5-6,8-9H2,(H,19,20)(H,21,22). The van der Waals surface area contributed by atoms with E-state index < -0.39 is 30.8 Å². The molecular weight excluding hydrogens is 292 g/mol. The van der Waals surface area contributed by atoms with Crippen molar-refractivity contribution in [3.05, 3.63) is 35.4 Å². The second kappa shape index (κ2) is 7.33. The van der Waals surface area contributed by atoms with E-state index in [2.05, 4.69) is 5.32 Å². The summed E-state index contributed by atoms with van der Waals surface area (Å²) in [4.78, 5) is 22.9. The minimum atomic E-state index is -2.77. The number of rotatable bonds is 6. The molecule has 1 aromatic carbocycles. The van der Waals surface area contributed by atoms with Gasteiger partial charge in [0.2, 0.25) is 12.3 Å². The van der Waals surface area contributed by atoms with Crippen LogP contribution in [-0.2, 0) is 16.0 Å². The van der Waals surface area contributed by atoms with Gasteiger partial charge in [-0.15, -0.1) is 0 Å². The largest absolute Gasteiger partial charge is 0.480 e. The summed E-state index contributed by atoms with van der Waals surface area (Å²) < 4.78 is 24.7. The molecule has 0 heterocycles. The van der Waals surface area contributed by atoms with Crippen LogP contribution >= 0.6 is 0 Å². The number of aliphatic carboxylic acids is 1. The van der Waals surface area contributed by atoms with Gasteiger partial charge in [-0.25, -0.2) is 13.6 Å². The smallest absolute Gasteiger partial charge is 0.326 e. The molecule has 0 bridgehead atoms. The predicted octanol–water partition coefficient (Wildman–Crippen LogP) is 2.72. The Kier molecular flexibility index (Phi) is 5.46. The molecule has 0 aliphatic heterocycles. The number of carbonyl (C=O) groups excluding carboxylic acids is 1. The fraction of sp³-hybridized carbons (Fsp3) is 0.500. The first kappa shape index (κ1) is 16.4. The minimum absolute atomic E-state index is 0.0194. The maximum absolute atomic E-state index is 12.3. The fourth-order valence-corrected chi connectivity index (χ4v) is 2.94. The lowest BCUT2D eigenvalue weighted by atomic mass is 9.81. The van der Waals surface area contributed by atoms with Crippen LogP contribution in [0.5, 0.6) is 0 Å². The van der Waals surface area contributed by atoms with Crippen LogP contribution in [0.4, 0.5) is 8.78 Å². The van der Waals surface area contributed by atoms with Crippen molar-refractivity contribution in [1.29, 1.82) is 0 Å². The number of carboxylic acid groups (broad SMARTS) is 1. The highest BCUT2D eigenvalue weighted by Gasteiger charge is 2.27. The third-order valence-corrected chi connectivity index (χ3v) is 3.97. The molecule has 2 rings (SSSR count). The molecule has 6 heteroatoms. The van der Waals surface area contributed by atoms with Crippen LogP contribution in [0.2, 0.25) is 0 Å².